The van der Waals surface area contributed by atoms with E-state index in [4.69, 9.17) is 4.74 Å². The number of rotatable bonds is 3. The van der Waals surface area contributed by atoms with Crippen molar-refractivity contribution in [3.05, 3.63) is 65.9 Å². The van der Waals surface area contributed by atoms with Crippen LogP contribution in [0, 0.1) is 11.6 Å². The second-order valence-electron chi connectivity index (χ2n) is 4.24. The minimum atomic E-state index is -0.306. The van der Waals surface area contributed by atoms with Gasteiger partial charge in [0.15, 0.2) is 0 Å². The Labute approximate surface area is 108 Å². The Morgan fingerprint density at radius 3 is 2.53 bits per heavy atom. The monoisotopic (exact) mass is 259 g/mol. The van der Waals surface area contributed by atoms with Gasteiger partial charge in [0.25, 0.3) is 0 Å². The minimum Gasteiger partial charge on any atom is -0.487 e. The van der Waals surface area contributed by atoms with Crippen LogP contribution in [-0.2, 0) is 6.61 Å². The third-order valence-corrected chi connectivity index (χ3v) is 2.87. The van der Waals surface area contributed by atoms with Crippen molar-refractivity contribution in [2.45, 2.75) is 6.61 Å². The van der Waals surface area contributed by atoms with Gasteiger partial charge in [-0.25, -0.2) is 8.78 Å². The van der Waals surface area contributed by atoms with E-state index in [1.165, 1.54) is 18.2 Å². The van der Waals surface area contributed by atoms with Crippen molar-refractivity contribution in [3.63, 3.8) is 0 Å². The van der Waals surface area contributed by atoms with E-state index in [-0.39, 0.29) is 18.2 Å². The molecule has 0 saturated carbocycles. The average molecular weight is 259 g/mol. The van der Waals surface area contributed by atoms with Crippen LogP contribution >= 0.6 is 0 Å². The molecule has 0 aliphatic heterocycles. The average Bonchev–Trinajstić information content (AvgIpc) is 2.83. The highest BCUT2D eigenvalue weighted by Gasteiger charge is 2.05. The van der Waals surface area contributed by atoms with Crippen LogP contribution in [0.2, 0.25) is 0 Å². The molecule has 1 heterocycles. The molecular formula is C15H11F2NO. The first-order valence-corrected chi connectivity index (χ1v) is 5.87. The summed E-state index contributed by atoms with van der Waals surface area (Å²) in [4.78, 5) is 3.08. The molecule has 1 N–H and O–H groups in total. The maximum absolute atomic E-state index is 13.5. The van der Waals surface area contributed by atoms with Gasteiger partial charge in [0.05, 0.1) is 5.69 Å². The zero-order valence-electron chi connectivity index (χ0n) is 9.99. The van der Waals surface area contributed by atoms with Gasteiger partial charge < -0.3 is 9.72 Å². The summed E-state index contributed by atoms with van der Waals surface area (Å²) < 4.78 is 31.7. The summed E-state index contributed by atoms with van der Waals surface area (Å²) in [6.45, 7) is 0.278. The number of benzene rings is 2. The van der Waals surface area contributed by atoms with E-state index in [2.05, 4.69) is 4.98 Å². The Balaban J connectivity index is 1.78. The van der Waals surface area contributed by atoms with E-state index in [9.17, 15) is 8.78 Å². The largest absolute Gasteiger partial charge is 0.487 e. The lowest BCUT2D eigenvalue weighted by Gasteiger charge is -2.03. The molecule has 0 saturated heterocycles. The molecular weight excluding hydrogens is 248 g/mol. The third-order valence-electron chi connectivity index (χ3n) is 2.87. The Bertz CT molecular complexity index is 704. The lowest BCUT2D eigenvalue weighted by Crippen LogP contribution is -1.95. The van der Waals surface area contributed by atoms with Gasteiger partial charge in [0, 0.05) is 10.9 Å². The van der Waals surface area contributed by atoms with Crippen LogP contribution in [0.1, 0.15) is 5.69 Å². The lowest BCUT2D eigenvalue weighted by atomic mass is 10.2. The zero-order chi connectivity index (χ0) is 13.2. The van der Waals surface area contributed by atoms with Crippen molar-refractivity contribution < 1.29 is 13.5 Å². The predicted molar refractivity (Wildman–Crippen MR) is 69.0 cm³/mol. The van der Waals surface area contributed by atoms with Gasteiger partial charge in [-0.2, -0.15) is 0 Å². The first-order chi connectivity index (χ1) is 9.22. The first-order valence-electron chi connectivity index (χ1n) is 5.87. The number of nitrogens with one attached hydrogen (secondary N) is 1. The Kier molecular flexibility index (Phi) is 2.91. The summed E-state index contributed by atoms with van der Waals surface area (Å²) in [6, 6.07) is 12.4. The number of hydrogen-bond acceptors (Lipinski definition) is 1. The van der Waals surface area contributed by atoms with Crippen LogP contribution in [-0.4, -0.2) is 4.98 Å². The molecule has 4 heteroatoms. The van der Waals surface area contributed by atoms with Gasteiger partial charge in [-0.15, -0.1) is 0 Å². The van der Waals surface area contributed by atoms with E-state index in [0.717, 1.165) is 11.2 Å². The van der Waals surface area contributed by atoms with E-state index in [1.807, 2.05) is 0 Å². The smallest absolute Gasteiger partial charge is 0.132 e. The van der Waals surface area contributed by atoms with Crippen LogP contribution < -0.4 is 4.74 Å². The molecule has 3 aromatic rings. The van der Waals surface area contributed by atoms with Gasteiger partial charge in [-0.05, 0) is 42.5 Å². The summed E-state index contributed by atoms with van der Waals surface area (Å²) in [7, 11) is 0. The SMILES string of the molecule is Fc1ccc(OCc2cc3c(F)cccc3[nH]2)cc1. The molecule has 1 aromatic heterocycles. The Morgan fingerprint density at radius 2 is 1.79 bits per heavy atom. The highest BCUT2D eigenvalue weighted by molar-refractivity contribution is 5.80. The van der Waals surface area contributed by atoms with Gasteiger partial charge >= 0.3 is 0 Å². The maximum Gasteiger partial charge on any atom is 0.132 e. The molecule has 0 aliphatic carbocycles. The van der Waals surface area contributed by atoms with Gasteiger partial charge in [0.2, 0.25) is 0 Å². The number of hydrogen-bond donors (Lipinski definition) is 1. The third kappa shape index (κ3) is 2.42. The highest BCUT2D eigenvalue weighted by atomic mass is 19.1. The summed E-state index contributed by atoms with van der Waals surface area (Å²) in [5, 5.41) is 0.542. The number of H-pyrrole nitrogens is 1. The lowest BCUT2D eigenvalue weighted by molar-refractivity contribution is 0.302. The van der Waals surface area contributed by atoms with Crippen molar-refractivity contribution in [2.75, 3.05) is 0 Å². The molecule has 2 nitrogen and oxygen atoms in total. The predicted octanol–water partition coefficient (Wildman–Crippen LogP) is 4.03. The van der Waals surface area contributed by atoms with E-state index < -0.39 is 0 Å². The first kappa shape index (κ1) is 11.7. The normalized spacial score (nSPS) is 10.8. The zero-order valence-corrected chi connectivity index (χ0v) is 9.99. The molecule has 19 heavy (non-hydrogen) atoms. The summed E-state index contributed by atoms with van der Waals surface area (Å²) in [5.74, 6) is 0.00217. The molecule has 0 radical (unpaired) electrons. The quantitative estimate of drug-likeness (QED) is 0.754. The molecule has 0 spiro atoms. The minimum absolute atomic E-state index is 0.262. The van der Waals surface area contributed by atoms with Crippen molar-refractivity contribution in [2.24, 2.45) is 0 Å². The topological polar surface area (TPSA) is 25.0 Å². The standard InChI is InChI=1S/C15H11F2NO/c16-10-4-6-12(7-5-10)19-9-11-8-13-14(17)2-1-3-15(13)18-11/h1-8,18H,9H2. The molecule has 96 valence electrons. The number of aromatic nitrogens is 1. The summed E-state index contributed by atoms with van der Waals surface area (Å²) in [6.07, 6.45) is 0. The molecule has 2 aromatic carbocycles. The van der Waals surface area contributed by atoms with E-state index in [1.54, 1.807) is 30.3 Å². The van der Waals surface area contributed by atoms with Gasteiger partial charge in [-0.1, -0.05) is 6.07 Å². The molecule has 0 atom stereocenters. The summed E-state index contributed by atoms with van der Waals surface area (Å²) >= 11 is 0. The molecule has 0 unspecified atom stereocenters. The van der Waals surface area contributed by atoms with Crippen LogP contribution in [0.5, 0.6) is 5.75 Å². The maximum atomic E-state index is 13.5. The number of halogens is 2. The Hall–Kier alpha value is -2.36. The second kappa shape index (κ2) is 4.72. The van der Waals surface area contributed by atoms with Crippen molar-refractivity contribution in [1.82, 2.24) is 4.98 Å². The summed E-state index contributed by atoms with van der Waals surface area (Å²) in [5.41, 5.74) is 1.50. The van der Waals surface area contributed by atoms with Crippen molar-refractivity contribution >= 4 is 10.9 Å². The van der Waals surface area contributed by atoms with Gasteiger partial charge in [-0.3, -0.25) is 0 Å². The fraction of sp³-hybridized carbons (Fsp3) is 0.0667. The number of aromatic amines is 1. The fourth-order valence-corrected chi connectivity index (χ4v) is 1.95. The molecule has 0 aliphatic rings. The van der Waals surface area contributed by atoms with E-state index in [0.29, 0.717) is 11.1 Å². The van der Waals surface area contributed by atoms with Gasteiger partial charge in [0.1, 0.15) is 24.0 Å². The van der Waals surface area contributed by atoms with E-state index >= 15 is 0 Å². The fourth-order valence-electron chi connectivity index (χ4n) is 1.95. The molecule has 0 bridgehead atoms. The van der Waals surface area contributed by atoms with Crippen LogP contribution in [0.3, 0.4) is 0 Å². The van der Waals surface area contributed by atoms with Crippen molar-refractivity contribution in [3.8, 4) is 5.75 Å². The van der Waals surface area contributed by atoms with Crippen molar-refractivity contribution in [1.29, 1.82) is 0 Å². The number of fused-ring (bicyclic) bond motifs is 1. The van der Waals surface area contributed by atoms with Crippen LogP contribution in [0.4, 0.5) is 8.78 Å². The molecule has 0 fully saturated rings. The van der Waals surface area contributed by atoms with Crippen LogP contribution in [0.25, 0.3) is 10.9 Å². The Morgan fingerprint density at radius 1 is 1.00 bits per heavy atom. The highest BCUT2D eigenvalue weighted by Crippen LogP contribution is 2.20. The second-order valence-corrected chi connectivity index (χ2v) is 4.24. The van der Waals surface area contributed by atoms with Crippen LogP contribution in [0.15, 0.2) is 48.5 Å². The number of ether oxygens (including phenoxy) is 1. The molecule has 0 amide bonds. The molecule has 3 rings (SSSR count).